The van der Waals surface area contributed by atoms with Crippen LogP contribution < -0.4 is 5.73 Å². The van der Waals surface area contributed by atoms with E-state index in [-0.39, 0.29) is 5.54 Å². The molecule has 0 unspecified atom stereocenters. The average Bonchev–Trinajstić information content (AvgIpc) is 3.04. The molecule has 0 bridgehead atoms. The third kappa shape index (κ3) is 1.22. The van der Waals surface area contributed by atoms with E-state index in [0.717, 1.165) is 40.3 Å². The van der Waals surface area contributed by atoms with Gasteiger partial charge in [0.1, 0.15) is 11.2 Å². The first-order chi connectivity index (χ1) is 8.78. The number of hydrogen-bond acceptors (Lipinski definition) is 3. The molecule has 2 aromatic heterocycles. The Morgan fingerprint density at radius 1 is 1.06 bits per heavy atom. The van der Waals surface area contributed by atoms with Crippen LogP contribution in [0, 0.1) is 0 Å². The highest BCUT2D eigenvalue weighted by molar-refractivity contribution is 5.98. The SMILES string of the molecule is NC1(c2c3ccoc3cc3ccoc23)CCCC1. The van der Waals surface area contributed by atoms with Crippen molar-refractivity contribution in [2.75, 3.05) is 0 Å². The lowest BCUT2D eigenvalue weighted by Crippen LogP contribution is -2.33. The lowest BCUT2D eigenvalue weighted by molar-refractivity contribution is 0.460. The third-order valence-corrected chi connectivity index (χ3v) is 4.17. The van der Waals surface area contributed by atoms with Crippen molar-refractivity contribution in [3.8, 4) is 0 Å². The Labute approximate surface area is 105 Å². The van der Waals surface area contributed by atoms with Crippen molar-refractivity contribution in [1.29, 1.82) is 0 Å². The van der Waals surface area contributed by atoms with Gasteiger partial charge in [0.05, 0.1) is 12.5 Å². The van der Waals surface area contributed by atoms with Crippen LogP contribution in [0.4, 0.5) is 0 Å². The molecule has 92 valence electrons. The fourth-order valence-corrected chi connectivity index (χ4v) is 3.29. The molecule has 18 heavy (non-hydrogen) atoms. The number of furan rings is 2. The van der Waals surface area contributed by atoms with Gasteiger partial charge in [-0.25, -0.2) is 0 Å². The van der Waals surface area contributed by atoms with Crippen LogP contribution in [0.3, 0.4) is 0 Å². The quantitative estimate of drug-likeness (QED) is 0.702. The molecule has 0 radical (unpaired) electrons. The summed E-state index contributed by atoms with van der Waals surface area (Å²) in [6.45, 7) is 0. The molecule has 4 rings (SSSR count). The highest BCUT2D eigenvalue weighted by Crippen LogP contribution is 2.43. The van der Waals surface area contributed by atoms with E-state index in [1.807, 2.05) is 18.2 Å². The molecule has 3 nitrogen and oxygen atoms in total. The van der Waals surface area contributed by atoms with E-state index >= 15 is 0 Å². The molecular formula is C15H15NO2. The van der Waals surface area contributed by atoms with Crippen molar-refractivity contribution in [3.63, 3.8) is 0 Å². The molecule has 1 aliphatic carbocycles. The van der Waals surface area contributed by atoms with Crippen molar-refractivity contribution < 1.29 is 8.83 Å². The van der Waals surface area contributed by atoms with Crippen LogP contribution in [0.5, 0.6) is 0 Å². The van der Waals surface area contributed by atoms with Crippen LogP contribution in [-0.4, -0.2) is 0 Å². The maximum absolute atomic E-state index is 6.63. The van der Waals surface area contributed by atoms with Gasteiger partial charge in [-0.15, -0.1) is 0 Å². The smallest absolute Gasteiger partial charge is 0.139 e. The van der Waals surface area contributed by atoms with Gasteiger partial charge in [-0.3, -0.25) is 0 Å². The predicted octanol–water partition coefficient (Wildman–Crippen LogP) is 3.91. The topological polar surface area (TPSA) is 52.3 Å². The Balaban J connectivity index is 2.15. The molecule has 2 N–H and O–H groups in total. The fourth-order valence-electron chi connectivity index (χ4n) is 3.29. The van der Waals surface area contributed by atoms with Gasteiger partial charge in [0, 0.05) is 21.9 Å². The maximum atomic E-state index is 6.63. The third-order valence-electron chi connectivity index (χ3n) is 4.17. The maximum Gasteiger partial charge on any atom is 0.139 e. The minimum absolute atomic E-state index is 0.264. The van der Waals surface area contributed by atoms with Crippen molar-refractivity contribution in [2.24, 2.45) is 5.73 Å². The fraction of sp³-hybridized carbons (Fsp3) is 0.333. The van der Waals surface area contributed by atoms with E-state index in [4.69, 9.17) is 14.6 Å². The van der Waals surface area contributed by atoms with Crippen LogP contribution in [0.25, 0.3) is 21.9 Å². The molecule has 2 heterocycles. The molecule has 1 saturated carbocycles. The zero-order valence-electron chi connectivity index (χ0n) is 10.1. The van der Waals surface area contributed by atoms with E-state index in [1.54, 1.807) is 12.5 Å². The molecule has 3 aromatic rings. The Morgan fingerprint density at radius 2 is 1.83 bits per heavy atom. The zero-order chi connectivity index (χ0) is 12.2. The summed E-state index contributed by atoms with van der Waals surface area (Å²) in [4.78, 5) is 0. The monoisotopic (exact) mass is 241 g/mol. The second-order valence-electron chi connectivity index (χ2n) is 5.29. The van der Waals surface area contributed by atoms with E-state index in [0.29, 0.717) is 0 Å². The number of nitrogens with two attached hydrogens (primary N) is 1. The molecule has 1 aliphatic rings. The molecule has 0 atom stereocenters. The van der Waals surface area contributed by atoms with Gasteiger partial charge in [-0.1, -0.05) is 12.8 Å². The van der Waals surface area contributed by atoms with Crippen LogP contribution in [0.15, 0.2) is 39.6 Å². The second-order valence-corrected chi connectivity index (χ2v) is 5.29. The first-order valence-corrected chi connectivity index (χ1v) is 6.45. The predicted molar refractivity (Wildman–Crippen MR) is 70.3 cm³/mol. The minimum Gasteiger partial charge on any atom is -0.464 e. The summed E-state index contributed by atoms with van der Waals surface area (Å²) >= 11 is 0. The van der Waals surface area contributed by atoms with Crippen molar-refractivity contribution in [2.45, 2.75) is 31.2 Å². The van der Waals surface area contributed by atoms with Gasteiger partial charge in [-0.2, -0.15) is 0 Å². The Hall–Kier alpha value is -1.74. The van der Waals surface area contributed by atoms with Gasteiger partial charge in [-0.05, 0) is 31.0 Å². The van der Waals surface area contributed by atoms with Gasteiger partial charge < -0.3 is 14.6 Å². The van der Waals surface area contributed by atoms with Gasteiger partial charge in [0.2, 0.25) is 0 Å². The van der Waals surface area contributed by atoms with Crippen molar-refractivity contribution in [3.05, 3.63) is 36.3 Å². The summed E-state index contributed by atoms with van der Waals surface area (Å²) in [6, 6.07) is 5.99. The summed E-state index contributed by atoms with van der Waals surface area (Å²) in [7, 11) is 0. The average molecular weight is 241 g/mol. The summed E-state index contributed by atoms with van der Waals surface area (Å²) in [5.41, 5.74) is 9.32. The van der Waals surface area contributed by atoms with Crippen LogP contribution >= 0.6 is 0 Å². The summed E-state index contributed by atoms with van der Waals surface area (Å²) < 4.78 is 11.2. The lowest BCUT2D eigenvalue weighted by Gasteiger charge is -2.25. The van der Waals surface area contributed by atoms with Gasteiger partial charge in [0.15, 0.2) is 0 Å². The van der Waals surface area contributed by atoms with Crippen molar-refractivity contribution >= 4 is 21.9 Å². The van der Waals surface area contributed by atoms with E-state index in [9.17, 15) is 0 Å². The summed E-state index contributed by atoms with van der Waals surface area (Å²) in [5.74, 6) is 0. The van der Waals surface area contributed by atoms with E-state index in [1.165, 1.54) is 12.8 Å². The molecule has 0 spiro atoms. The van der Waals surface area contributed by atoms with E-state index in [2.05, 4.69) is 0 Å². The number of rotatable bonds is 1. The molecular weight excluding hydrogens is 226 g/mol. The molecule has 1 fully saturated rings. The van der Waals surface area contributed by atoms with Crippen molar-refractivity contribution in [1.82, 2.24) is 0 Å². The molecule has 0 amide bonds. The minimum atomic E-state index is -0.264. The molecule has 0 aliphatic heterocycles. The number of fused-ring (bicyclic) bond motifs is 2. The van der Waals surface area contributed by atoms with Gasteiger partial charge >= 0.3 is 0 Å². The van der Waals surface area contributed by atoms with Crippen LogP contribution in [0.2, 0.25) is 0 Å². The first kappa shape index (κ1) is 10.2. The zero-order valence-corrected chi connectivity index (χ0v) is 10.1. The molecule has 3 heteroatoms. The lowest BCUT2D eigenvalue weighted by atomic mass is 9.86. The highest BCUT2D eigenvalue weighted by atomic mass is 16.3. The Morgan fingerprint density at radius 3 is 2.67 bits per heavy atom. The first-order valence-electron chi connectivity index (χ1n) is 6.45. The Kier molecular flexibility index (Phi) is 1.92. The van der Waals surface area contributed by atoms with Gasteiger partial charge in [0.25, 0.3) is 0 Å². The normalized spacial score (nSPS) is 18.9. The molecule has 1 aromatic carbocycles. The second kappa shape index (κ2) is 3.39. The standard InChI is InChI=1S/C15H15NO2/c16-15(5-1-2-6-15)13-11-4-8-17-12(11)9-10-3-7-18-14(10)13/h3-4,7-9H,1-2,5-6,16H2. The summed E-state index contributed by atoms with van der Waals surface area (Å²) in [6.07, 6.45) is 7.87. The highest BCUT2D eigenvalue weighted by Gasteiger charge is 2.35. The molecule has 0 saturated heterocycles. The summed E-state index contributed by atoms with van der Waals surface area (Å²) in [5, 5.41) is 2.17. The van der Waals surface area contributed by atoms with Crippen LogP contribution in [-0.2, 0) is 5.54 Å². The largest absolute Gasteiger partial charge is 0.464 e. The number of hydrogen-bond donors (Lipinski definition) is 1. The van der Waals surface area contributed by atoms with E-state index < -0.39 is 0 Å². The van der Waals surface area contributed by atoms with Crippen LogP contribution in [0.1, 0.15) is 31.2 Å². The Bertz CT molecular complexity index is 668. The number of benzene rings is 1.